The van der Waals surface area contributed by atoms with Crippen molar-refractivity contribution < 1.29 is 13.9 Å². The number of ether oxygens (including phenoxy) is 1. The Hall–Kier alpha value is -1.69. The van der Waals surface area contributed by atoms with Crippen LogP contribution < -0.4 is 5.56 Å². The molecule has 100 valence electrons. The smallest absolute Gasteiger partial charge is 0.339 e. The van der Waals surface area contributed by atoms with Crippen molar-refractivity contribution in [1.82, 2.24) is 4.57 Å². The zero-order valence-corrected chi connectivity index (χ0v) is 12.0. The van der Waals surface area contributed by atoms with E-state index in [4.69, 9.17) is 4.74 Å². The standard InChI is InChI=1S/C13H11BrFNO3/c1-3-19-13(18)8-6-10(17)16(2)12-7(8)4-5-9(15)11(12)14/h4-6H,3H2,1-2H3. The lowest BCUT2D eigenvalue weighted by atomic mass is 10.1. The summed E-state index contributed by atoms with van der Waals surface area (Å²) < 4.78 is 19.9. The lowest BCUT2D eigenvalue weighted by Gasteiger charge is -2.11. The second kappa shape index (κ2) is 5.13. The quantitative estimate of drug-likeness (QED) is 0.796. The summed E-state index contributed by atoms with van der Waals surface area (Å²) >= 11 is 3.10. The molecule has 0 radical (unpaired) electrons. The first kappa shape index (κ1) is 13.7. The molecule has 1 aromatic carbocycles. The molecule has 0 aliphatic rings. The Morgan fingerprint density at radius 3 is 2.79 bits per heavy atom. The fraction of sp³-hybridized carbons (Fsp3) is 0.231. The number of aromatic nitrogens is 1. The molecule has 0 amide bonds. The van der Waals surface area contributed by atoms with Crippen molar-refractivity contribution in [3.8, 4) is 0 Å². The van der Waals surface area contributed by atoms with E-state index in [0.29, 0.717) is 10.9 Å². The molecular formula is C13H11BrFNO3. The number of hydrogen-bond donors (Lipinski definition) is 0. The maximum absolute atomic E-state index is 13.6. The molecule has 0 N–H and O–H groups in total. The molecule has 0 spiro atoms. The topological polar surface area (TPSA) is 48.3 Å². The molecule has 0 bridgehead atoms. The number of esters is 1. The molecule has 0 atom stereocenters. The first-order valence-corrected chi connectivity index (χ1v) is 6.41. The first-order chi connectivity index (χ1) is 8.97. The maximum atomic E-state index is 13.6. The van der Waals surface area contributed by atoms with Gasteiger partial charge in [0.05, 0.1) is 22.2 Å². The number of benzene rings is 1. The van der Waals surface area contributed by atoms with Crippen LogP contribution in [0.2, 0.25) is 0 Å². The molecule has 1 aromatic heterocycles. The minimum atomic E-state index is -0.594. The summed E-state index contributed by atoms with van der Waals surface area (Å²) in [6.07, 6.45) is 0. The van der Waals surface area contributed by atoms with E-state index in [1.807, 2.05) is 0 Å². The fourth-order valence-corrected chi connectivity index (χ4v) is 2.48. The van der Waals surface area contributed by atoms with Gasteiger partial charge in [-0.05, 0) is 35.0 Å². The van der Waals surface area contributed by atoms with E-state index in [9.17, 15) is 14.0 Å². The van der Waals surface area contributed by atoms with Crippen molar-refractivity contribution in [2.45, 2.75) is 6.92 Å². The number of carbonyl (C=O) groups is 1. The van der Waals surface area contributed by atoms with Crippen LogP contribution in [0.3, 0.4) is 0 Å². The maximum Gasteiger partial charge on any atom is 0.339 e. The number of hydrogen-bond acceptors (Lipinski definition) is 3. The van der Waals surface area contributed by atoms with E-state index in [2.05, 4.69) is 15.9 Å². The second-order valence-corrected chi connectivity index (χ2v) is 4.73. The molecule has 0 aliphatic carbocycles. The average molecular weight is 328 g/mol. The van der Waals surface area contributed by atoms with Crippen LogP contribution in [0.15, 0.2) is 27.5 Å². The van der Waals surface area contributed by atoms with Crippen molar-refractivity contribution in [2.24, 2.45) is 7.05 Å². The first-order valence-electron chi connectivity index (χ1n) is 5.62. The van der Waals surface area contributed by atoms with E-state index >= 15 is 0 Å². The number of fused-ring (bicyclic) bond motifs is 1. The highest BCUT2D eigenvalue weighted by Gasteiger charge is 2.17. The van der Waals surface area contributed by atoms with Crippen LogP contribution in [0, 0.1) is 5.82 Å². The lowest BCUT2D eigenvalue weighted by molar-refractivity contribution is 0.0528. The molecule has 1 heterocycles. The Balaban J connectivity index is 2.88. The Bertz CT molecular complexity index is 724. The average Bonchev–Trinajstić information content (AvgIpc) is 2.37. The summed E-state index contributed by atoms with van der Waals surface area (Å²) in [4.78, 5) is 23.7. The van der Waals surface area contributed by atoms with Crippen LogP contribution in [0.25, 0.3) is 10.9 Å². The van der Waals surface area contributed by atoms with Gasteiger partial charge in [-0.25, -0.2) is 9.18 Å². The molecule has 19 heavy (non-hydrogen) atoms. The van der Waals surface area contributed by atoms with Gasteiger partial charge in [-0.3, -0.25) is 4.79 Å². The Morgan fingerprint density at radius 1 is 1.47 bits per heavy atom. The predicted octanol–water partition coefficient (Wildman–Crippen LogP) is 2.62. The van der Waals surface area contributed by atoms with Gasteiger partial charge in [-0.1, -0.05) is 0 Å². The summed E-state index contributed by atoms with van der Waals surface area (Å²) in [5, 5.41) is 0.467. The van der Waals surface area contributed by atoms with E-state index in [-0.39, 0.29) is 16.6 Å². The van der Waals surface area contributed by atoms with Crippen LogP contribution in [0.5, 0.6) is 0 Å². The van der Waals surface area contributed by atoms with E-state index < -0.39 is 17.3 Å². The molecule has 0 saturated heterocycles. The molecule has 4 nitrogen and oxygen atoms in total. The minimum absolute atomic E-state index is 0.139. The number of aryl methyl sites for hydroxylation is 1. The molecule has 0 saturated carbocycles. The zero-order chi connectivity index (χ0) is 14.2. The van der Waals surface area contributed by atoms with Gasteiger partial charge in [-0.2, -0.15) is 0 Å². The van der Waals surface area contributed by atoms with Crippen molar-refractivity contribution in [3.05, 3.63) is 44.4 Å². The number of nitrogens with zero attached hydrogens (tertiary/aromatic N) is 1. The van der Waals surface area contributed by atoms with Crippen LogP contribution in [-0.2, 0) is 11.8 Å². The van der Waals surface area contributed by atoms with Gasteiger partial charge in [-0.15, -0.1) is 0 Å². The number of rotatable bonds is 2. The summed E-state index contributed by atoms with van der Waals surface area (Å²) in [5.41, 5.74) is 0.0676. The second-order valence-electron chi connectivity index (χ2n) is 3.93. The largest absolute Gasteiger partial charge is 0.462 e. The Kier molecular flexibility index (Phi) is 3.71. The fourth-order valence-electron chi connectivity index (χ4n) is 1.87. The highest BCUT2D eigenvalue weighted by molar-refractivity contribution is 9.10. The van der Waals surface area contributed by atoms with E-state index in [1.165, 1.54) is 29.8 Å². The SMILES string of the molecule is CCOC(=O)c1cc(=O)n(C)c2c(Br)c(F)ccc12. The highest BCUT2D eigenvalue weighted by atomic mass is 79.9. The minimum Gasteiger partial charge on any atom is -0.462 e. The van der Waals surface area contributed by atoms with Gasteiger partial charge >= 0.3 is 5.97 Å². The molecule has 0 aliphatic heterocycles. The van der Waals surface area contributed by atoms with E-state index in [1.54, 1.807) is 6.92 Å². The number of pyridine rings is 1. The monoisotopic (exact) mass is 327 g/mol. The summed E-state index contributed by atoms with van der Waals surface area (Å²) in [5.74, 6) is -1.09. The van der Waals surface area contributed by atoms with E-state index in [0.717, 1.165) is 0 Å². The third-order valence-corrected chi connectivity index (χ3v) is 3.54. The Labute approximate surface area is 116 Å². The van der Waals surface area contributed by atoms with Gasteiger partial charge in [0.15, 0.2) is 0 Å². The molecule has 2 aromatic rings. The van der Waals surface area contributed by atoms with Crippen LogP contribution >= 0.6 is 15.9 Å². The molecule has 2 rings (SSSR count). The summed E-state index contributed by atoms with van der Waals surface area (Å²) in [7, 11) is 1.52. The van der Waals surface area contributed by atoms with Crippen LogP contribution in [0.4, 0.5) is 4.39 Å². The molecular weight excluding hydrogens is 317 g/mol. The summed E-state index contributed by atoms with van der Waals surface area (Å²) in [6.45, 7) is 1.88. The lowest BCUT2D eigenvalue weighted by Crippen LogP contribution is -2.20. The van der Waals surface area contributed by atoms with Gasteiger partial charge in [0.25, 0.3) is 5.56 Å². The number of carbonyl (C=O) groups excluding carboxylic acids is 1. The van der Waals surface area contributed by atoms with Gasteiger partial charge in [0.2, 0.25) is 0 Å². The van der Waals surface area contributed by atoms with Gasteiger partial charge < -0.3 is 9.30 Å². The highest BCUT2D eigenvalue weighted by Crippen LogP contribution is 2.27. The van der Waals surface area contributed by atoms with Crippen molar-refractivity contribution in [3.63, 3.8) is 0 Å². The van der Waals surface area contributed by atoms with Crippen molar-refractivity contribution in [2.75, 3.05) is 6.61 Å². The van der Waals surface area contributed by atoms with Crippen molar-refractivity contribution >= 4 is 32.8 Å². The van der Waals surface area contributed by atoms with Crippen LogP contribution in [0.1, 0.15) is 17.3 Å². The van der Waals surface area contributed by atoms with Gasteiger partial charge in [0, 0.05) is 18.5 Å². The predicted molar refractivity (Wildman–Crippen MR) is 72.8 cm³/mol. The zero-order valence-electron chi connectivity index (χ0n) is 10.4. The third-order valence-electron chi connectivity index (χ3n) is 2.79. The number of halogens is 2. The van der Waals surface area contributed by atoms with Crippen LogP contribution in [-0.4, -0.2) is 17.1 Å². The van der Waals surface area contributed by atoms with Crippen molar-refractivity contribution in [1.29, 1.82) is 0 Å². The molecule has 0 fully saturated rings. The molecule has 6 heteroatoms. The summed E-state index contributed by atoms with van der Waals surface area (Å²) in [6, 6.07) is 3.89. The third kappa shape index (κ3) is 2.28. The van der Waals surface area contributed by atoms with Gasteiger partial charge in [0.1, 0.15) is 5.82 Å². The Morgan fingerprint density at radius 2 is 2.16 bits per heavy atom. The molecule has 0 unspecified atom stereocenters. The normalized spacial score (nSPS) is 10.7.